The molecule has 0 atom stereocenters. The Hall–Kier alpha value is -0.610. The van der Waals surface area contributed by atoms with Crippen LogP contribution >= 0.6 is 0 Å². The lowest BCUT2D eigenvalue weighted by Crippen LogP contribution is -2.51. The lowest BCUT2D eigenvalue weighted by atomic mass is 9.83. The number of ether oxygens (including phenoxy) is 1. The molecule has 1 rings (SSSR count). The van der Waals surface area contributed by atoms with Crippen LogP contribution in [0.1, 0.15) is 59.3 Å². The molecule has 0 aromatic rings. The summed E-state index contributed by atoms with van der Waals surface area (Å²) in [4.78, 5) is 12.1. The Balaban J connectivity index is 2.62. The molecule has 0 aromatic heterocycles. The molecule has 0 heterocycles. The molecular weight excluding hydrogens is 216 g/mol. The van der Waals surface area contributed by atoms with Crippen LogP contribution in [-0.2, 0) is 9.53 Å². The SMILES string of the molecule is CC(C)(C)OC(=O)C1(N)CCCC(N)CCC1. The minimum absolute atomic E-state index is 0.262. The Kier molecular flexibility index (Phi) is 4.55. The quantitative estimate of drug-likeness (QED) is 0.686. The van der Waals surface area contributed by atoms with E-state index in [1.165, 1.54) is 0 Å². The molecule has 1 aliphatic carbocycles. The molecule has 0 saturated heterocycles. The maximum absolute atomic E-state index is 12.1. The van der Waals surface area contributed by atoms with Crippen LogP contribution in [0.3, 0.4) is 0 Å². The molecule has 4 N–H and O–H groups in total. The maximum Gasteiger partial charge on any atom is 0.326 e. The Labute approximate surface area is 104 Å². The molecule has 0 spiro atoms. The van der Waals surface area contributed by atoms with Crippen LogP contribution < -0.4 is 11.5 Å². The van der Waals surface area contributed by atoms with Gasteiger partial charge in [-0.3, -0.25) is 4.79 Å². The van der Waals surface area contributed by atoms with Gasteiger partial charge >= 0.3 is 5.97 Å². The topological polar surface area (TPSA) is 78.3 Å². The fraction of sp³-hybridized carbons (Fsp3) is 0.923. The van der Waals surface area contributed by atoms with Crippen molar-refractivity contribution < 1.29 is 9.53 Å². The van der Waals surface area contributed by atoms with E-state index in [4.69, 9.17) is 16.2 Å². The van der Waals surface area contributed by atoms with Crippen molar-refractivity contribution in [1.29, 1.82) is 0 Å². The molecule has 0 radical (unpaired) electrons. The third-order valence-electron chi connectivity index (χ3n) is 3.20. The molecule has 1 saturated carbocycles. The zero-order chi connectivity index (χ0) is 13.1. The van der Waals surface area contributed by atoms with E-state index in [2.05, 4.69) is 0 Å². The van der Waals surface area contributed by atoms with Gasteiger partial charge in [-0.25, -0.2) is 0 Å². The first-order valence-corrected chi connectivity index (χ1v) is 6.51. The highest BCUT2D eigenvalue weighted by Gasteiger charge is 2.37. The molecule has 1 aliphatic rings. The number of hydrogen-bond donors (Lipinski definition) is 2. The second-order valence-electron chi connectivity index (χ2n) is 6.20. The van der Waals surface area contributed by atoms with Gasteiger partial charge in [0.1, 0.15) is 11.1 Å². The smallest absolute Gasteiger partial charge is 0.326 e. The second kappa shape index (κ2) is 5.36. The van der Waals surface area contributed by atoms with Gasteiger partial charge in [0.15, 0.2) is 0 Å². The fourth-order valence-electron chi connectivity index (χ4n) is 2.21. The molecule has 0 bridgehead atoms. The first kappa shape index (κ1) is 14.5. The maximum atomic E-state index is 12.1. The number of nitrogens with two attached hydrogens (primary N) is 2. The minimum Gasteiger partial charge on any atom is -0.459 e. The van der Waals surface area contributed by atoms with Gasteiger partial charge in [-0.15, -0.1) is 0 Å². The number of esters is 1. The molecule has 0 amide bonds. The van der Waals surface area contributed by atoms with Gasteiger partial charge in [-0.05, 0) is 59.3 Å². The van der Waals surface area contributed by atoms with Crippen molar-refractivity contribution in [1.82, 2.24) is 0 Å². The van der Waals surface area contributed by atoms with Gasteiger partial charge in [0, 0.05) is 6.04 Å². The number of hydrogen-bond acceptors (Lipinski definition) is 4. The molecule has 0 aliphatic heterocycles. The Morgan fingerprint density at radius 2 is 1.71 bits per heavy atom. The average molecular weight is 242 g/mol. The van der Waals surface area contributed by atoms with Crippen molar-refractivity contribution in [2.75, 3.05) is 0 Å². The van der Waals surface area contributed by atoms with Crippen molar-refractivity contribution >= 4 is 5.97 Å². The van der Waals surface area contributed by atoms with Crippen LogP contribution in [0.5, 0.6) is 0 Å². The predicted octanol–water partition coefficient (Wildman–Crippen LogP) is 1.71. The van der Waals surface area contributed by atoms with Gasteiger partial charge in [0.25, 0.3) is 0 Å². The number of carbonyl (C=O) groups is 1. The molecule has 1 fully saturated rings. The van der Waals surface area contributed by atoms with Gasteiger partial charge in [0.2, 0.25) is 0 Å². The first-order chi connectivity index (χ1) is 7.73. The first-order valence-electron chi connectivity index (χ1n) is 6.51. The molecule has 4 heteroatoms. The number of rotatable bonds is 1. The number of carbonyl (C=O) groups excluding carboxylic acids is 1. The average Bonchev–Trinajstić information content (AvgIpc) is 2.12. The van der Waals surface area contributed by atoms with E-state index in [-0.39, 0.29) is 12.0 Å². The monoisotopic (exact) mass is 242 g/mol. The van der Waals surface area contributed by atoms with E-state index >= 15 is 0 Å². The van der Waals surface area contributed by atoms with Crippen molar-refractivity contribution in [2.24, 2.45) is 11.5 Å². The molecular formula is C13H26N2O2. The summed E-state index contributed by atoms with van der Waals surface area (Å²) in [5.41, 5.74) is 10.8. The standard InChI is InChI=1S/C13H26N2O2/c1-12(2,3)17-11(16)13(15)8-4-6-10(14)7-5-9-13/h10H,4-9,14-15H2,1-3H3. The fourth-order valence-corrected chi connectivity index (χ4v) is 2.21. The zero-order valence-electron chi connectivity index (χ0n) is 11.3. The van der Waals surface area contributed by atoms with Crippen LogP contribution in [0.2, 0.25) is 0 Å². The van der Waals surface area contributed by atoms with Crippen molar-refractivity contribution in [2.45, 2.75) is 76.5 Å². The lowest BCUT2D eigenvalue weighted by Gasteiger charge is -2.33. The summed E-state index contributed by atoms with van der Waals surface area (Å²) >= 11 is 0. The van der Waals surface area contributed by atoms with E-state index in [1.807, 2.05) is 20.8 Å². The largest absolute Gasteiger partial charge is 0.459 e. The van der Waals surface area contributed by atoms with Gasteiger partial charge in [0.05, 0.1) is 0 Å². The summed E-state index contributed by atoms with van der Waals surface area (Å²) in [6, 6.07) is 0.262. The Morgan fingerprint density at radius 1 is 1.24 bits per heavy atom. The summed E-state index contributed by atoms with van der Waals surface area (Å²) < 4.78 is 5.41. The molecule has 0 aromatic carbocycles. The third kappa shape index (κ3) is 4.64. The van der Waals surface area contributed by atoms with E-state index in [1.54, 1.807) is 0 Å². The van der Waals surface area contributed by atoms with Crippen molar-refractivity contribution in [3.8, 4) is 0 Å². The third-order valence-corrected chi connectivity index (χ3v) is 3.20. The van der Waals surface area contributed by atoms with Crippen molar-refractivity contribution in [3.05, 3.63) is 0 Å². The second-order valence-corrected chi connectivity index (χ2v) is 6.20. The normalized spacial score (nSPS) is 31.5. The van der Waals surface area contributed by atoms with Crippen LogP contribution in [0.15, 0.2) is 0 Å². The molecule has 4 nitrogen and oxygen atoms in total. The minimum atomic E-state index is -0.812. The Morgan fingerprint density at radius 3 is 2.12 bits per heavy atom. The van der Waals surface area contributed by atoms with Crippen molar-refractivity contribution in [3.63, 3.8) is 0 Å². The summed E-state index contributed by atoms with van der Waals surface area (Å²) in [5, 5.41) is 0. The van der Waals surface area contributed by atoms with Crippen LogP contribution in [0.25, 0.3) is 0 Å². The summed E-state index contributed by atoms with van der Waals surface area (Å²) in [7, 11) is 0. The summed E-state index contributed by atoms with van der Waals surface area (Å²) in [5.74, 6) is -0.263. The van der Waals surface area contributed by atoms with Gasteiger partial charge in [-0.1, -0.05) is 0 Å². The Bertz CT molecular complexity index is 261. The van der Waals surface area contributed by atoms with E-state index in [9.17, 15) is 4.79 Å². The van der Waals surface area contributed by atoms with Gasteiger partial charge in [-0.2, -0.15) is 0 Å². The van der Waals surface area contributed by atoms with E-state index < -0.39 is 11.1 Å². The summed E-state index contributed by atoms with van der Waals surface area (Å²) in [6.45, 7) is 5.60. The van der Waals surface area contributed by atoms with Crippen LogP contribution in [0, 0.1) is 0 Å². The predicted molar refractivity (Wildman–Crippen MR) is 68.4 cm³/mol. The molecule has 100 valence electrons. The highest BCUT2D eigenvalue weighted by molar-refractivity contribution is 5.80. The lowest BCUT2D eigenvalue weighted by molar-refractivity contribution is -0.162. The molecule has 17 heavy (non-hydrogen) atoms. The molecule has 0 unspecified atom stereocenters. The van der Waals surface area contributed by atoms with E-state index in [0.717, 1.165) is 25.7 Å². The summed E-state index contributed by atoms with van der Waals surface area (Å²) in [6.07, 6.45) is 5.04. The highest BCUT2D eigenvalue weighted by Crippen LogP contribution is 2.26. The van der Waals surface area contributed by atoms with Gasteiger partial charge < -0.3 is 16.2 Å². The zero-order valence-corrected chi connectivity index (χ0v) is 11.3. The van der Waals surface area contributed by atoms with Crippen LogP contribution in [-0.4, -0.2) is 23.2 Å². The van der Waals surface area contributed by atoms with Crippen LogP contribution in [0.4, 0.5) is 0 Å². The van der Waals surface area contributed by atoms with E-state index in [0.29, 0.717) is 12.8 Å². The highest BCUT2D eigenvalue weighted by atomic mass is 16.6.